The predicted octanol–water partition coefficient (Wildman–Crippen LogP) is 0.746. The van der Waals surface area contributed by atoms with Crippen molar-refractivity contribution in [2.45, 2.75) is 4.90 Å². The Labute approximate surface area is 97.2 Å². The summed E-state index contributed by atoms with van der Waals surface area (Å²) in [6.45, 7) is 1.58. The third-order valence-corrected chi connectivity index (χ3v) is 3.52. The van der Waals surface area contributed by atoms with Gasteiger partial charge in [-0.1, -0.05) is 12.1 Å². The zero-order valence-electron chi connectivity index (χ0n) is 9.90. The topological polar surface area (TPSA) is 49.4 Å². The normalized spacial score (nSPS) is 11.4. The first-order chi connectivity index (χ1) is 7.46. The van der Waals surface area contributed by atoms with Crippen molar-refractivity contribution in [3.63, 3.8) is 0 Å². The van der Waals surface area contributed by atoms with Crippen LogP contribution in [0.3, 0.4) is 0 Å². The summed E-state index contributed by atoms with van der Waals surface area (Å²) < 4.78 is 23.2. The van der Waals surface area contributed by atoms with Crippen LogP contribution in [-0.4, -0.2) is 41.9 Å². The standard InChI is InChI=1S/C11H18N2O2S/c1-12-8-9-13(2)10-6-4-5-7-11(10)16(3,14)15/h4-7,12H,8-9H2,1-3H3. The maximum atomic E-state index is 11.6. The number of hydrogen-bond acceptors (Lipinski definition) is 4. The Morgan fingerprint density at radius 2 is 1.94 bits per heavy atom. The van der Waals surface area contributed by atoms with E-state index in [1.807, 2.05) is 31.1 Å². The van der Waals surface area contributed by atoms with E-state index < -0.39 is 9.84 Å². The van der Waals surface area contributed by atoms with Crippen LogP contribution < -0.4 is 10.2 Å². The van der Waals surface area contributed by atoms with Crippen LogP contribution in [0.2, 0.25) is 0 Å². The molecule has 0 spiro atoms. The van der Waals surface area contributed by atoms with E-state index in [1.165, 1.54) is 6.26 Å². The summed E-state index contributed by atoms with van der Waals surface area (Å²) in [7, 11) is 0.596. The molecule has 0 amide bonds. The highest BCUT2D eigenvalue weighted by Gasteiger charge is 2.14. The molecule has 1 aromatic rings. The molecule has 1 aromatic carbocycles. The van der Waals surface area contributed by atoms with Crippen LogP contribution in [0, 0.1) is 0 Å². The van der Waals surface area contributed by atoms with E-state index in [2.05, 4.69) is 5.32 Å². The maximum absolute atomic E-state index is 11.6. The number of para-hydroxylation sites is 1. The number of nitrogens with one attached hydrogen (secondary N) is 1. The van der Waals surface area contributed by atoms with Crippen LogP contribution in [0.4, 0.5) is 5.69 Å². The summed E-state index contributed by atoms with van der Waals surface area (Å²) in [4.78, 5) is 2.32. The van der Waals surface area contributed by atoms with Gasteiger partial charge >= 0.3 is 0 Å². The first kappa shape index (κ1) is 13.0. The van der Waals surface area contributed by atoms with E-state index >= 15 is 0 Å². The smallest absolute Gasteiger partial charge is 0.177 e. The molecule has 0 saturated carbocycles. The fraction of sp³-hybridized carbons (Fsp3) is 0.455. The van der Waals surface area contributed by atoms with E-state index in [4.69, 9.17) is 0 Å². The van der Waals surface area contributed by atoms with E-state index in [9.17, 15) is 8.42 Å². The van der Waals surface area contributed by atoms with Gasteiger partial charge in [0.2, 0.25) is 0 Å². The summed E-state index contributed by atoms with van der Waals surface area (Å²) in [5, 5.41) is 3.04. The molecule has 1 rings (SSSR count). The minimum atomic E-state index is -3.17. The van der Waals surface area contributed by atoms with Crippen molar-refractivity contribution in [1.82, 2.24) is 5.32 Å². The van der Waals surface area contributed by atoms with E-state index in [1.54, 1.807) is 12.1 Å². The number of benzene rings is 1. The lowest BCUT2D eigenvalue weighted by atomic mass is 10.3. The molecule has 0 bridgehead atoms. The van der Waals surface area contributed by atoms with Crippen molar-refractivity contribution in [2.24, 2.45) is 0 Å². The molecule has 0 radical (unpaired) electrons. The zero-order chi connectivity index (χ0) is 12.2. The Hall–Kier alpha value is -1.07. The van der Waals surface area contributed by atoms with Crippen molar-refractivity contribution < 1.29 is 8.42 Å². The van der Waals surface area contributed by atoms with Crippen molar-refractivity contribution in [3.05, 3.63) is 24.3 Å². The lowest BCUT2D eigenvalue weighted by Gasteiger charge is -2.21. The molecule has 16 heavy (non-hydrogen) atoms. The number of rotatable bonds is 5. The lowest BCUT2D eigenvalue weighted by Crippen LogP contribution is -2.28. The maximum Gasteiger partial charge on any atom is 0.177 e. The molecule has 0 aromatic heterocycles. The molecule has 0 fully saturated rings. The third-order valence-electron chi connectivity index (χ3n) is 2.37. The molecule has 0 saturated heterocycles. The number of nitrogens with zero attached hydrogens (tertiary/aromatic N) is 1. The molecule has 0 heterocycles. The van der Waals surface area contributed by atoms with Crippen LogP contribution in [0.1, 0.15) is 0 Å². The number of hydrogen-bond donors (Lipinski definition) is 1. The summed E-state index contributed by atoms with van der Waals surface area (Å²) >= 11 is 0. The molecule has 0 aliphatic carbocycles. The quantitative estimate of drug-likeness (QED) is 0.827. The van der Waals surface area contributed by atoms with Gasteiger partial charge in [-0.2, -0.15) is 0 Å². The average Bonchev–Trinajstić information content (AvgIpc) is 2.24. The van der Waals surface area contributed by atoms with Gasteiger partial charge in [0.1, 0.15) is 0 Å². The summed E-state index contributed by atoms with van der Waals surface area (Å²) in [6.07, 6.45) is 1.23. The Bertz CT molecular complexity index is 443. The molecule has 0 unspecified atom stereocenters. The monoisotopic (exact) mass is 242 g/mol. The highest BCUT2D eigenvalue weighted by atomic mass is 32.2. The van der Waals surface area contributed by atoms with Gasteiger partial charge in [-0.25, -0.2) is 8.42 Å². The molecule has 0 aliphatic rings. The zero-order valence-corrected chi connectivity index (χ0v) is 10.7. The van der Waals surface area contributed by atoms with Gasteiger partial charge in [-0.05, 0) is 19.2 Å². The minimum Gasteiger partial charge on any atom is -0.372 e. The van der Waals surface area contributed by atoms with Gasteiger partial charge < -0.3 is 10.2 Å². The van der Waals surface area contributed by atoms with Gasteiger partial charge in [0.15, 0.2) is 9.84 Å². The van der Waals surface area contributed by atoms with E-state index in [0.717, 1.165) is 18.8 Å². The Morgan fingerprint density at radius 3 is 2.50 bits per heavy atom. The number of likely N-dealkylation sites (N-methyl/N-ethyl adjacent to an activating group) is 2. The molecule has 90 valence electrons. The molecular weight excluding hydrogens is 224 g/mol. The minimum absolute atomic E-state index is 0.383. The third kappa shape index (κ3) is 3.21. The fourth-order valence-electron chi connectivity index (χ4n) is 1.49. The Balaban J connectivity index is 3.04. The molecular formula is C11H18N2O2S. The van der Waals surface area contributed by atoms with Crippen LogP contribution in [-0.2, 0) is 9.84 Å². The molecule has 1 N–H and O–H groups in total. The highest BCUT2D eigenvalue weighted by molar-refractivity contribution is 7.90. The Kier molecular flexibility index (Phi) is 4.32. The molecule has 5 heteroatoms. The highest BCUT2D eigenvalue weighted by Crippen LogP contribution is 2.23. The van der Waals surface area contributed by atoms with Gasteiger partial charge in [0.25, 0.3) is 0 Å². The second-order valence-corrected chi connectivity index (χ2v) is 5.75. The number of sulfone groups is 1. The molecule has 4 nitrogen and oxygen atoms in total. The Morgan fingerprint density at radius 1 is 1.31 bits per heavy atom. The second-order valence-electron chi connectivity index (χ2n) is 3.76. The van der Waals surface area contributed by atoms with Gasteiger partial charge in [0.05, 0.1) is 10.6 Å². The van der Waals surface area contributed by atoms with Crippen LogP contribution in [0.15, 0.2) is 29.2 Å². The van der Waals surface area contributed by atoms with Gasteiger partial charge in [-0.15, -0.1) is 0 Å². The van der Waals surface area contributed by atoms with E-state index in [-0.39, 0.29) is 0 Å². The lowest BCUT2D eigenvalue weighted by molar-refractivity contribution is 0.601. The predicted molar refractivity (Wildman–Crippen MR) is 66.7 cm³/mol. The average molecular weight is 242 g/mol. The summed E-state index contributed by atoms with van der Waals surface area (Å²) in [5.41, 5.74) is 0.750. The van der Waals surface area contributed by atoms with Crippen molar-refractivity contribution in [1.29, 1.82) is 0 Å². The number of anilines is 1. The van der Waals surface area contributed by atoms with Crippen LogP contribution in [0.5, 0.6) is 0 Å². The fourth-order valence-corrected chi connectivity index (χ4v) is 2.42. The van der Waals surface area contributed by atoms with Crippen LogP contribution >= 0.6 is 0 Å². The van der Waals surface area contributed by atoms with Crippen molar-refractivity contribution in [3.8, 4) is 0 Å². The summed E-state index contributed by atoms with van der Waals surface area (Å²) in [6, 6.07) is 7.05. The van der Waals surface area contributed by atoms with E-state index in [0.29, 0.717) is 4.90 Å². The van der Waals surface area contributed by atoms with Gasteiger partial charge in [0, 0.05) is 26.4 Å². The van der Waals surface area contributed by atoms with Crippen molar-refractivity contribution in [2.75, 3.05) is 38.3 Å². The van der Waals surface area contributed by atoms with Gasteiger partial charge in [-0.3, -0.25) is 0 Å². The first-order valence-corrected chi connectivity index (χ1v) is 7.01. The largest absolute Gasteiger partial charge is 0.372 e. The first-order valence-electron chi connectivity index (χ1n) is 5.11. The molecule has 0 atom stereocenters. The van der Waals surface area contributed by atoms with Crippen molar-refractivity contribution >= 4 is 15.5 Å². The molecule has 0 aliphatic heterocycles. The van der Waals surface area contributed by atoms with Crippen LogP contribution in [0.25, 0.3) is 0 Å². The summed E-state index contributed by atoms with van der Waals surface area (Å²) in [5.74, 6) is 0. The SMILES string of the molecule is CNCCN(C)c1ccccc1S(C)(=O)=O. The second kappa shape index (κ2) is 5.32.